The van der Waals surface area contributed by atoms with Gasteiger partial charge in [-0.2, -0.15) is 0 Å². The number of methoxy groups -OCH3 is 2. The van der Waals surface area contributed by atoms with Crippen LogP contribution in [0, 0.1) is 17.6 Å². The second-order valence-corrected chi connectivity index (χ2v) is 4.38. The predicted molar refractivity (Wildman–Crippen MR) is 63.8 cm³/mol. The van der Waals surface area contributed by atoms with Crippen LogP contribution in [-0.4, -0.2) is 33.1 Å². The summed E-state index contributed by atoms with van der Waals surface area (Å²) in [6.07, 6.45) is -1.13. The molecule has 0 atom stereocenters. The lowest BCUT2D eigenvalue weighted by molar-refractivity contribution is -0.109. The lowest BCUT2D eigenvalue weighted by Crippen LogP contribution is -2.46. The molecule has 0 aromatic heterocycles. The predicted octanol–water partition coefficient (Wildman–Crippen LogP) is 1.66. The molecule has 0 amide bonds. The van der Waals surface area contributed by atoms with Gasteiger partial charge in [0.25, 0.3) is 0 Å². The summed E-state index contributed by atoms with van der Waals surface area (Å²) in [5.74, 6) is -2.14. The number of nitrogens with one attached hydrogen (secondary N) is 1. The summed E-state index contributed by atoms with van der Waals surface area (Å²) in [5.41, 5.74) is -0.288. The first-order valence-corrected chi connectivity index (χ1v) is 5.88. The van der Waals surface area contributed by atoms with Crippen LogP contribution in [0.1, 0.15) is 22.2 Å². The SMILES string of the molecule is COC(OC)c1c(F)cc(C(=O)C2CNC2)cc1F. The van der Waals surface area contributed by atoms with Crippen molar-refractivity contribution in [3.63, 3.8) is 0 Å². The van der Waals surface area contributed by atoms with Crippen LogP contribution in [0.2, 0.25) is 0 Å². The molecule has 4 nitrogen and oxygen atoms in total. The summed E-state index contributed by atoms with van der Waals surface area (Å²) >= 11 is 0. The van der Waals surface area contributed by atoms with Gasteiger partial charge in [-0.3, -0.25) is 4.79 Å². The van der Waals surface area contributed by atoms with Crippen molar-refractivity contribution >= 4 is 5.78 Å². The molecule has 0 saturated carbocycles. The van der Waals surface area contributed by atoms with Gasteiger partial charge in [-0.15, -0.1) is 0 Å². The quantitative estimate of drug-likeness (QED) is 0.653. The normalized spacial score (nSPS) is 15.6. The minimum Gasteiger partial charge on any atom is -0.351 e. The van der Waals surface area contributed by atoms with E-state index in [4.69, 9.17) is 9.47 Å². The molecule has 1 aromatic carbocycles. The average molecular weight is 271 g/mol. The average Bonchev–Trinajstić information content (AvgIpc) is 2.31. The molecule has 0 bridgehead atoms. The Labute approximate surface area is 109 Å². The number of carbonyl (C=O) groups excluding carboxylic acids is 1. The first kappa shape index (κ1) is 14.0. The Balaban J connectivity index is 2.33. The number of Topliss-reactive ketones (excluding diaryl/α,β-unsaturated/α-hetero) is 1. The Hall–Kier alpha value is -1.37. The molecule has 1 aliphatic heterocycles. The highest BCUT2D eigenvalue weighted by Gasteiger charge is 2.28. The zero-order valence-electron chi connectivity index (χ0n) is 10.7. The summed E-state index contributed by atoms with van der Waals surface area (Å²) in [7, 11) is 2.57. The fourth-order valence-electron chi connectivity index (χ4n) is 1.99. The number of rotatable bonds is 5. The zero-order chi connectivity index (χ0) is 14.0. The van der Waals surface area contributed by atoms with Crippen LogP contribution in [0.25, 0.3) is 0 Å². The van der Waals surface area contributed by atoms with Gasteiger partial charge in [0.2, 0.25) is 0 Å². The van der Waals surface area contributed by atoms with Gasteiger partial charge in [-0.05, 0) is 12.1 Å². The van der Waals surface area contributed by atoms with Gasteiger partial charge in [0.05, 0.1) is 5.56 Å². The van der Waals surface area contributed by atoms with Crippen LogP contribution in [-0.2, 0) is 9.47 Å². The van der Waals surface area contributed by atoms with E-state index in [0.717, 1.165) is 12.1 Å². The molecule has 1 heterocycles. The van der Waals surface area contributed by atoms with Gasteiger partial charge < -0.3 is 14.8 Å². The van der Waals surface area contributed by atoms with Gasteiger partial charge >= 0.3 is 0 Å². The molecule has 0 unspecified atom stereocenters. The van der Waals surface area contributed by atoms with E-state index < -0.39 is 17.9 Å². The van der Waals surface area contributed by atoms with E-state index in [-0.39, 0.29) is 22.8 Å². The maximum absolute atomic E-state index is 13.9. The first-order valence-electron chi connectivity index (χ1n) is 5.88. The van der Waals surface area contributed by atoms with Crippen molar-refractivity contribution in [3.05, 3.63) is 34.9 Å². The number of benzene rings is 1. The van der Waals surface area contributed by atoms with E-state index in [9.17, 15) is 13.6 Å². The third-order valence-corrected chi connectivity index (χ3v) is 3.18. The number of hydrogen-bond donors (Lipinski definition) is 1. The fraction of sp³-hybridized carbons (Fsp3) is 0.462. The Morgan fingerprint density at radius 3 is 2.16 bits per heavy atom. The maximum atomic E-state index is 13.9. The van der Waals surface area contributed by atoms with Crippen molar-refractivity contribution in [2.45, 2.75) is 6.29 Å². The molecule has 6 heteroatoms. The van der Waals surface area contributed by atoms with E-state index in [0.29, 0.717) is 13.1 Å². The van der Waals surface area contributed by atoms with Crippen molar-refractivity contribution < 1.29 is 23.0 Å². The first-order chi connectivity index (χ1) is 9.08. The van der Waals surface area contributed by atoms with Crippen LogP contribution in [0.3, 0.4) is 0 Å². The van der Waals surface area contributed by atoms with E-state index >= 15 is 0 Å². The van der Waals surface area contributed by atoms with Crippen LogP contribution in [0.15, 0.2) is 12.1 Å². The molecular formula is C13H15F2NO3. The number of hydrogen-bond acceptors (Lipinski definition) is 4. The molecule has 1 N–H and O–H groups in total. The second-order valence-electron chi connectivity index (χ2n) is 4.38. The molecule has 0 radical (unpaired) electrons. The van der Waals surface area contributed by atoms with E-state index in [2.05, 4.69) is 5.32 Å². The molecule has 1 aliphatic rings. The van der Waals surface area contributed by atoms with Gasteiger partial charge in [0.15, 0.2) is 12.1 Å². The van der Waals surface area contributed by atoms with Crippen molar-refractivity contribution in [2.75, 3.05) is 27.3 Å². The highest BCUT2D eigenvalue weighted by Crippen LogP contribution is 2.26. The van der Waals surface area contributed by atoms with E-state index in [1.54, 1.807) is 0 Å². The van der Waals surface area contributed by atoms with E-state index in [1.165, 1.54) is 14.2 Å². The molecule has 0 spiro atoms. The Morgan fingerprint density at radius 2 is 1.79 bits per heavy atom. The van der Waals surface area contributed by atoms with Crippen LogP contribution >= 0.6 is 0 Å². The maximum Gasteiger partial charge on any atom is 0.188 e. The molecule has 19 heavy (non-hydrogen) atoms. The van der Waals surface area contributed by atoms with E-state index in [1.807, 2.05) is 0 Å². The third kappa shape index (κ3) is 2.65. The molecule has 1 fully saturated rings. The van der Waals surface area contributed by atoms with Crippen LogP contribution in [0.5, 0.6) is 0 Å². The van der Waals surface area contributed by atoms with Crippen molar-refractivity contribution in [2.24, 2.45) is 5.92 Å². The Kier molecular flexibility index (Phi) is 4.24. The molecule has 2 rings (SSSR count). The standard InChI is InChI=1S/C13H15F2NO3/c1-18-13(19-2)11-9(14)3-7(4-10(11)15)12(17)8-5-16-6-8/h3-4,8,13,16H,5-6H2,1-2H3. The topological polar surface area (TPSA) is 47.6 Å². The minimum absolute atomic E-state index is 0.0382. The smallest absolute Gasteiger partial charge is 0.188 e. The lowest BCUT2D eigenvalue weighted by atomic mass is 9.92. The summed E-state index contributed by atoms with van der Waals surface area (Å²) in [6, 6.07) is 2.06. The Bertz CT molecular complexity index is 462. The third-order valence-electron chi connectivity index (χ3n) is 3.18. The van der Waals surface area contributed by atoms with Crippen molar-refractivity contribution in [1.82, 2.24) is 5.32 Å². The number of ether oxygens (including phenoxy) is 2. The number of ketones is 1. The number of halogens is 2. The highest BCUT2D eigenvalue weighted by molar-refractivity contribution is 5.98. The largest absolute Gasteiger partial charge is 0.351 e. The summed E-state index contributed by atoms with van der Waals surface area (Å²) in [6.45, 7) is 1.09. The lowest BCUT2D eigenvalue weighted by Gasteiger charge is -2.26. The Morgan fingerprint density at radius 1 is 1.26 bits per heavy atom. The van der Waals surface area contributed by atoms with Gasteiger partial charge in [-0.25, -0.2) is 8.78 Å². The number of carbonyl (C=O) groups is 1. The monoisotopic (exact) mass is 271 g/mol. The fourth-order valence-corrected chi connectivity index (χ4v) is 1.99. The minimum atomic E-state index is -1.13. The van der Waals surface area contributed by atoms with Crippen molar-refractivity contribution in [3.8, 4) is 0 Å². The molecular weight excluding hydrogens is 256 g/mol. The second kappa shape index (κ2) is 5.73. The summed E-state index contributed by atoms with van der Waals surface area (Å²) in [5, 5.41) is 2.94. The van der Waals surface area contributed by atoms with Crippen LogP contribution < -0.4 is 5.32 Å². The summed E-state index contributed by atoms with van der Waals surface area (Å²) in [4.78, 5) is 11.9. The molecule has 0 aliphatic carbocycles. The molecule has 1 saturated heterocycles. The zero-order valence-corrected chi connectivity index (χ0v) is 10.7. The van der Waals surface area contributed by atoms with Gasteiger partial charge in [-0.1, -0.05) is 0 Å². The van der Waals surface area contributed by atoms with Gasteiger partial charge in [0.1, 0.15) is 11.6 Å². The van der Waals surface area contributed by atoms with Crippen LogP contribution in [0.4, 0.5) is 8.78 Å². The summed E-state index contributed by atoms with van der Waals surface area (Å²) < 4.78 is 37.5. The molecule has 104 valence electrons. The van der Waals surface area contributed by atoms with Crippen molar-refractivity contribution in [1.29, 1.82) is 0 Å². The van der Waals surface area contributed by atoms with Gasteiger partial charge in [0, 0.05) is 38.8 Å². The highest BCUT2D eigenvalue weighted by atomic mass is 19.1. The molecule has 1 aromatic rings.